The maximum absolute atomic E-state index is 13.1. The lowest BCUT2D eigenvalue weighted by atomic mass is 9.95. The highest BCUT2D eigenvalue weighted by Crippen LogP contribution is 2.30. The molecule has 0 heterocycles. The zero-order chi connectivity index (χ0) is 17.3. The van der Waals surface area contributed by atoms with Crippen LogP contribution in [0.2, 0.25) is 0 Å². The third-order valence-corrected chi connectivity index (χ3v) is 5.00. The Morgan fingerprint density at radius 2 is 1.79 bits per heavy atom. The standard InChI is InChI=1S/C18H15BrFNO3/c19-15-8-14(20)6-5-11(15)7-16(22)21-18(17(23)24)9-12-3-1-2-4-13(12)10-18/h1-6,8H,7,9-10H2,(H,21,22)(H,23,24). The summed E-state index contributed by atoms with van der Waals surface area (Å²) in [4.78, 5) is 24.2. The van der Waals surface area contributed by atoms with Crippen molar-refractivity contribution in [2.75, 3.05) is 0 Å². The van der Waals surface area contributed by atoms with Gasteiger partial charge >= 0.3 is 5.97 Å². The molecule has 0 bridgehead atoms. The predicted octanol–water partition coefficient (Wildman–Crippen LogP) is 2.87. The first kappa shape index (κ1) is 16.6. The van der Waals surface area contributed by atoms with Gasteiger partial charge in [0.15, 0.2) is 0 Å². The third-order valence-electron chi connectivity index (χ3n) is 4.26. The molecule has 6 heteroatoms. The summed E-state index contributed by atoms with van der Waals surface area (Å²) in [6, 6.07) is 11.5. The second-order valence-corrected chi connectivity index (χ2v) is 6.82. The lowest BCUT2D eigenvalue weighted by molar-refractivity contribution is -0.147. The van der Waals surface area contributed by atoms with Crippen molar-refractivity contribution >= 4 is 27.8 Å². The number of carboxylic acid groups (broad SMARTS) is 1. The monoisotopic (exact) mass is 391 g/mol. The van der Waals surface area contributed by atoms with Crippen molar-refractivity contribution in [2.45, 2.75) is 24.8 Å². The number of nitrogens with one attached hydrogen (secondary N) is 1. The van der Waals surface area contributed by atoms with E-state index in [2.05, 4.69) is 21.2 Å². The molecule has 0 aromatic heterocycles. The number of rotatable bonds is 4. The molecule has 124 valence electrons. The minimum Gasteiger partial charge on any atom is -0.479 e. The molecule has 0 saturated heterocycles. The highest BCUT2D eigenvalue weighted by molar-refractivity contribution is 9.10. The molecule has 2 aromatic rings. The van der Waals surface area contributed by atoms with Crippen LogP contribution in [-0.2, 0) is 28.9 Å². The Hall–Kier alpha value is -2.21. The second-order valence-electron chi connectivity index (χ2n) is 5.97. The molecule has 4 nitrogen and oxygen atoms in total. The Kier molecular flexibility index (Phi) is 4.41. The molecular formula is C18H15BrFNO3. The maximum Gasteiger partial charge on any atom is 0.330 e. The van der Waals surface area contributed by atoms with Crippen molar-refractivity contribution in [3.8, 4) is 0 Å². The van der Waals surface area contributed by atoms with E-state index < -0.39 is 23.2 Å². The molecule has 1 amide bonds. The lowest BCUT2D eigenvalue weighted by Gasteiger charge is -2.25. The summed E-state index contributed by atoms with van der Waals surface area (Å²) in [6.07, 6.45) is 0.496. The molecule has 0 atom stereocenters. The average molecular weight is 392 g/mol. The van der Waals surface area contributed by atoms with Crippen LogP contribution in [0.1, 0.15) is 16.7 Å². The molecule has 0 unspecified atom stereocenters. The van der Waals surface area contributed by atoms with E-state index in [1.807, 2.05) is 24.3 Å². The van der Waals surface area contributed by atoms with Gasteiger partial charge in [0.05, 0.1) is 6.42 Å². The topological polar surface area (TPSA) is 66.4 Å². The van der Waals surface area contributed by atoms with Crippen LogP contribution in [-0.4, -0.2) is 22.5 Å². The van der Waals surface area contributed by atoms with E-state index in [4.69, 9.17) is 0 Å². The largest absolute Gasteiger partial charge is 0.479 e. The van der Waals surface area contributed by atoms with Crippen LogP contribution in [0.15, 0.2) is 46.9 Å². The molecule has 0 radical (unpaired) electrons. The van der Waals surface area contributed by atoms with Gasteiger partial charge in [0, 0.05) is 17.3 Å². The second kappa shape index (κ2) is 6.36. The summed E-state index contributed by atoms with van der Waals surface area (Å²) in [5, 5.41) is 12.3. The van der Waals surface area contributed by atoms with Gasteiger partial charge < -0.3 is 10.4 Å². The summed E-state index contributed by atoms with van der Waals surface area (Å²) < 4.78 is 13.6. The molecule has 0 fully saturated rings. The molecule has 0 spiro atoms. The van der Waals surface area contributed by atoms with E-state index in [-0.39, 0.29) is 19.3 Å². The Morgan fingerprint density at radius 3 is 2.33 bits per heavy atom. The first-order valence-electron chi connectivity index (χ1n) is 7.45. The molecule has 24 heavy (non-hydrogen) atoms. The number of fused-ring (bicyclic) bond motifs is 1. The van der Waals surface area contributed by atoms with Crippen molar-refractivity contribution in [3.05, 3.63) is 69.4 Å². The first-order valence-corrected chi connectivity index (χ1v) is 8.24. The van der Waals surface area contributed by atoms with Gasteiger partial charge in [-0.25, -0.2) is 9.18 Å². The van der Waals surface area contributed by atoms with E-state index in [1.165, 1.54) is 18.2 Å². The number of hydrogen-bond acceptors (Lipinski definition) is 2. The fraction of sp³-hybridized carbons (Fsp3) is 0.222. The number of carbonyl (C=O) groups is 2. The molecule has 1 aliphatic rings. The zero-order valence-electron chi connectivity index (χ0n) is 12.7. The van der Waals surface area contributed by atoms with Crippen LogP contribution in [0, 0.1) is 5.82 Å². The molecule has 1 aliphatic carbocycles. The number of carboxylic acids is 1. The highest BCUT2D eigenvalue weighted by atomic mass is 79.9. The quantitative estimate of drug-likeness (QED) is 0.841. The van der Waals surface area contributed by atoms with Crippen LogP contribution >= 0.6 is 15.9 Å². The minimum atomic E-state index is -1.33. The normalized spacial score (nSPS) is 14.9. The van der Waals surface area contributed by atoms with Crippen LogP contribution in [0.25, 0.3) is 0 Å². The molecule has 3 rings (SSSR count). The van der Waals surface area contributed by atoms with Crippen LogP contribution in [0.4, 0.5) is 4.39 Å². The van der Waals surface area contributed by atoms with E-state index >= 15 is 0 Å². The van der Waals surface area contributed by atoms with Crippen molar-refractivity contribution in [2.24, 2.45) is 0 Å². The number of amides is 1. The van der Waals surface area contributed by atoms with Crippen LogP contribution < -0.4 is 5.32 Å². The predicted molar refractivity (Wildman–Crippen MR) is 90.2 cm³/mol. The van der Waals surface area contributed by atoms with Crippen molar-refractivity contribution in [3.63, 3.8) is 0 Å². The summed E-state index contributed by atoms with van der Waals surface area (Å²) >= 11 is 3.22. The van der Waals surface area contributed by atoms with E-state index in [0.717, 1.165) is 11.1 Å². The van der Waals surface area contributed by atoms with Crippen molar-refractivity contribution in [1.29, 1.82) is 0 Å². The van der Waals surface area contributed by atoms with E-state index in [1.54, 1.807) is 0 Å². The van der Waals surface area contributed by atoms with Gasteiger partial charge in [-0.3, -0.25) is 4.79 Å². The Bertz CT molecular complexity index is 797. The Labute approximate surface area is 146 Å². The average Bonchev–Trinajstić information content (AvgIpc) is 2.89. The number of halogens is 2. The van der Waals surface area contributed by atoms with E-state index in [0.29, 0.717) is 10.0 Å². The molecule has 0 aliphatic heterocycles. The van der Waals surface area contributed by atoms with Crippen molar-refractivity contribution < 1.29 is 19.1 Å². The Balaban J connectivity index is 1.78. The number of benzene rings is 2. The summed E-state index contributed by atoms with van der Waals surface area (Å²) in [7, 11) is 0. The van der Waals surface area contributed by atoms with Crippen molar-refractivity contribution in [1.82, 2.24) is 5.32 Å². The minimum absolute atomic E-state index is 0.0216. The lowest BCUT2D eigenvalue weighted by Crippen LogP contribution is -2.55. The first-order chi connectivity index (χ1) is 11.4. The molecular weight excluding hydrogens is 377 g/mol. The highest BCUT2D eigenvalue weighted by Gasteiger charge is 2.45. The Morgan fingerprint density at radius 1 is 1.17 bits per heavy atom. The van der Waals surface area contributed by atoms with Gasteiger partial charge in [0.25, 0.3) is 0 Å². The third kappa shape index (κ3) is 3.19. The molecule has 0 saturated carbocycles. The molecule has 2 N–H and O–H groups in total. The van der Waals surface area contributed by atoms with Crippen LogP contribution in [0.3, 0.4) is 0 Å². The van der Waals surface area contributed by atoms with Gasteiger partial charge in [-0.1, -0.05) is 46.3 Å². The number of carbonyl (C=O) groups excluding carboxylic acids is 1. The smallest absolute Gasteiger partial charge is 0.330 e. The van der Waals surface area contributed by atoms with Gasteiger partial charge in [-0.2, -0.15) is 0 Å². The summed E-state index contributed by atoms with van der Waals surface area (Å²) in [5.41, 5.74) is 1.14. The molecule has 2 aromatic carbocycles. The summed E-state index contributed by atoms with van der Waals surface area (Å²) in [6.45, 7) is 0. The number of aliphatic carboxylic acids is 1. The number of hydrogen-bond donors (Lipinski definition) is 2. The SMILES string of the molecule is O=C(Cc1ccc(F)cc1Br)NC1(C(=O)O)Cc2ccccc2C1. The fourth-order valence-electron chi connectivity index (χ4n) is 3.06. The summed E-state index contributed by atoms with van der Waals surface area (Å²) in [5.74, 6) is -1.86. The van der Waals surface area contributed by atoms with Gasteiger partial charge in [-0.15, -0.1) is 0 Å². The van der Waals surface area contributed by atoms with Crippen LogP contribution in [0.5, 0.6) is 0 Å². The van der Waals surface area contributed by atoms with E-state index in [9.17, 15) is 19.1 Å². The van der Waals surface area contributed by atoms with Gasteiger partial charge in [0.1, 0.15) is 11.4 Å². The zero-order valence-corrected chi connectivity index (χ0v) is 14.3. The maximum atomic E-state index is 13.1. The van der Waals surface area contributed by atoms with Gasteiger partial charge in [-0.05, 0) is 28.8 Å². The van der Waals surface area contributed by atoms with Gasteiger partial charge in [0.2, 0.25) is 5.91 Å². The fourth-order valence-corrected chi connectivity index (χ4v) is 3.55.